The Bertz CT molecular complexity index is 84.4. The summed E-state index contributed by atoms with van der Waals surface area (Å²) in [5.41, 5.74) is 0. The van der Waals surface area contributed by atoms with E-state index in [0.29, 0.717) is 6.61 Å². The van der Waals surface area contributed by atoms with Crippen molar-refractivity contribution in [1.82, 2.24) is 10.2 Å². The zero-order valence-electron chi connectivity index (χ0n) is 7.55. The number of β-amino-alcohol motifs (C(OH)–C–C–N with tert-alkyl or cyclic N) is 1. The van der Waals surface area contributed by atoms with Crippen molar-refractivity contribution in [2.45, 2.75) is 0 Å². The van der Waals surface area contributed by atoms with E-state index in [4.69, 9.17) is 5.11 Å². The smallest absolute Gasteiger partial charge is 0.0558 e. The van der Waals surface area contributed by atoms with E-state index in [1.54, 1.807) is 0 Å². The Balaban J connectivity index is 0. The van der Waals surface area contributed by atoms with E-state index in [1.807, 2.05) is 0 Å². The van der Waals surface area contributed by atoms with Crippen LogP contribution in [0.15, 0.2) is 13.2 Å². The monoisotopic (exact) mass is 192 g/mol. The second kappa shape index (κ2) is 11.0. The number of nitrogens with zero attached hydrogens (tertiary/aromatic N) is 1. The van der Waals surface area contributed by atoms with E-state index in [1.165, 1.54) is 0 Å². The van der Waals surface area contributed by atoms with Gasteiger partial charge in [-0.05, 0) is 0 Å². The van der Waals surface area contributed by atoms with Crippen molar-refractivity contribution >= 4 is 13.5 Å². The van der Waals surface area contributed by atoms with Gasteiger partial charge in [0.05, 0.1) is 6.61 Å². The molecule has 1 fully saturated rings. The molecule has 1 saturated heterocycles. The quantitative estimate of drug-likeness (QED) is 0.595. The normalized spacial score (nSPS) is 17.1. The molecule has 0 radical (unpaired) electrons. The van der Waals surface area contributed by atoms with Gasteiger partial charge in [0.1, 0.15) is 0 Å². The molecule has 0 unspecified atom stereocenters. The largest absolute Gasteiger partial charge is 0.395 e. The van der Waals surface area contributed by atoms with Crippen LogP contribution in [0.25, 0.3) is 0 Å². The van der Waals surface area contributed by atoms with Gasteiger partial charge in [-0.1, -0.05) is 0 Å². The van der Waals surface area contributed by atoms with Crippen LogP contribution >= 0.6 is 13.5 Å². The third-order valence-corrected chi connectivity index (χ3v) is 1.63. The highest BCUT2D eigenvalue weighted by Crippen LogP contribution is 1.88. The van der Waals surface area contributed by atoms with Crippen molar-refractivity contribution in [3.05, 3.63) is 13.2 Å². The minimum atomic E-state index is 0. The Hall–Kier alpha value is -0.0300. The van der Waals surface area contributed by atoms with Crippen LogP contribution in [-0.2, 0) is 0 Å². The fourth-order valence-electron chi connectivity index (χ4n) is 1.08. The number of aliphatic hydroxyl groups is 1. The topological polar surface area (TPSA) is 35.5 Å². The molecule has 1 heterocycles. The fraction of sp³-hybridized carbons (Fsp3) is 0.750. The van der Waals surface area contributed by atoms with Crippen LogP contribution in [0.4, 0.5) is 0 Å². The lowest BCUT2D eigenvalue weighted by Gasteiger charge is -2.25. The minimum absolute atomic E-state index is 0. The second-order valence-corrected chi connectivity index (χ2v) is 2.32. The number of aliphatic hydroxyl groups excluding tert-OH is 1. The lowest BCUT2D eigenvalue weighted by atomic mass is 10.4. The van der Waals surface area contributed by atoms with Crippen molar-refractivity contribution in [2.75, 3.05) is 39.3 Å². The molecule has 2 N–H and O–H groups in total. The zero-order valence-corrected chi connectivity index (χ0v) is 8.55. The van der Waals surface area contributed by atoms with Gasteiger partial charge in [0.2, 0.25) is 0 Å². The summed E-state index contributed by atoms with van der Waals surface area (Å²) in [5, 5.41) is 11.8. The molecular weight excluding hydrogens is 172 g/mol. The maximum atomic E-state index is 8.56. The molecule has 0 atom stereocenters. The van der Waals surface area contributed by atoms with Gasteiger partial charge in [0.25, 0.3) is 0 Å². The van der Waals surface area contributed by atoms with Gasteiger partial charge in [-0.2, -0.15) is 13.5 Å². The highest BCUT2D eigenvalue weighted by molar-refractivity contribution is 7.59. The van der Waals surface area contributed by atoms with Crippen molar-refractivity contribution in [2.24, 2.45) is 0 Å². The average molecular weight is 192 g/mol. The van der Waals surface area contributed by atoms with E-state index in [0.717, 1.165) is 32.7 Å². The Morgan fingerprint density at radius 1 is 1.25 bits per heavy atom. The molecule has 0 aromatic rings. The molecule has 0 aromatic heterocycles. The van der Waals surface area contributed by atoms with Crippen LogP contribution in [0.5, 0.6) is 0 Å². The van der Waals surface area contributed by atoms with Crippen LogP contribution in [0.3, 0.4) is 0 Å². The predicted molar refractivity (Wildman–Crippen MR) is 58.0 cm³/mol. The highest BCUT2D eigenvalue weighted by Gasteiger charge is 2.06. The molecule has 1 aliphatic rings. The molecule has 0 aliphatic carbocycles. The van der Waals surface area contributed by atoms with Crippen LogP contribution in [0.2, 0.25) is 0 Å². The molecule has 0 aromatic carbocycles. The molecule has 0 saturated carbocycles. The SMILES string of the molecule is C=C.OCCN1CCNCC1.S. The van der Waals surface area contributed by atoms with E-state index in [-0.39, 0.29) is 13.5 Å². The second-order valence-electron chi connectivity index (χ2n) is 2.32. The van der Waals surface area contributed by atoms with Gasteiger partial charge in [0, 0.05) is 32.7 Å². The molecule has 1 aliphatic heterocycles. The lowest BCUT2D eigenvalue weighted by molar-refractivity contribution is 0.180. The van der Waals surface area contributed by atoms with Gasteiger partial charge in [-0.15, -0.1) is 13.2 Å². The molecule has 0 amide bonds. The summed E-state index contributed by atoms with van der Waals surface area (Å²) < 4.78 is 0. The molecule has 74 valence electrons. The van der Waals surface area contributed by atoms with Gasteiger partial charge in [0.15, 0.2) is 0 Å². The van der Waals surface area contributed by atoms with Crippen molar-refractivity contribution in [3.8, 4) is 0 Å². The van der Waals surface area contributed by atoms with E-state index in [2.05, 4.69) is 23.4 Å². The highest BCUT2D eigenvalue weighted by atomic mass is 32.1. The summed E-state index contributed by atoms with van der Waals surface area (Å²) >= 11 is 0. The average Bonchev–Trinajstić information content (AvgIpc) is 2.11. The first-order valence-corrected chi connectivity index (χ1v) is 3.97. The number of hydrogen-bond acceptors (Lipinski definition) is 3. The first-order valence-electron chi connectivity index (χ1n) is 3.97. The summed E-state index contributed by atoms with van der Waals surface area (Å²) in [4.78, 5) is 2.26. The Kier molecular flexibility index (Phi) is 13.2. The third-order valence-electron chi connectivity index (χ3n) is 1.63. The van der Waals surface area contributed by atoms with Crippen molar-refractivity contribution in [1.29, 1.82) is 0 Å². The number of piperazine rings is 1. The van der Waals surface area contributed by atoms with E-state index >= 15 is 0 Å². The van der Waals surface area contributed by atoms with Crippen LogP contribution < -0.4 is 5.32 Å². The van der Waals surface area contributed by atoms with Gasteiger partial charge < -0.3 is 10.4 Å². The lowest BCUT2D eigenvalue weighted by Crippen LogP contribution is -2.44. The molecule has 0 spiro atoms. The molecule has 12 heavy (non-hydrogen) atoms. The fourth-order valence-corrected chi connectivity index (χ4v) is 1.08. The third kappa shape index (κ3) is 6.67. The first-order chi connectivity index (χ1) is 5.43. The Labute approximate surface area is 81.9 Å². The van der Waals surface area contributed by atoms with Gasteiger partial charge in [-0.3, -0.25) is 4.90 Å². The van der Waals surface area contributed by atoms with Gasteiger partial charge >= 0.3 is 0 Å². The van der Waals surface area contributed by atoms with Gasteiger partial charge in [-0.25, -0.2) is 0 Å². The summed E-state index contributed by atoms with van der Waals surface area (Å²) in [6.07, 6.45) is 0. The number of hydrogen-bond donors (Lipinski definition) is 2. The molecule has 4 heteroatoms. The summed E-state index contributed by atoms with van der Waals surface area (Å²) in [6.45, 7) is 11.4. The number of rotatable bonds is 2. The summed E-state index contributed by atoms with van der Waals surface area (Å²) in [7, 11) is 0. The standard InChI is InChI=1S/C6H14N2O.C2H4.H2S/c9-6-5-8-3-1-7-2-4-8;1-2;/h7,9H,1-6H2;1-2H2;1H2. The maximum absolute atomic E-state index is 8.56. The van der Waals surface area contributed by atoms with Crippen molar-refractivity contribution < 1.29 is 5.11 Å². The molecule has 1 rings (SSSR count). The zero-order chi connectivity index (χ0) is 8.53. The van der Waals surface area contributed by atoms with Crippen LogP contribution in [0, 0.1) is 0 Å². The summed E-state index contributed by atoms with van der Waals surface area (Å²) in [6, 6.07) is 0. The van der Waals surface area contributed by atoms with E-state index < -0.39 is 0 Å². The number of nitrogens with one attached hydrogen (secondary N) is 1. The molecule has 0 bridgehead atoms. The minimum Gasteiger partial charge on any atom is -0.395 e. The predicted octanol–water partition coefficient (Wildman–Crippen LogP) is -0.201. The maximum Gasteiger partial charge on any atom is 0.0558 e. The van der Waals surface area contributed by atoms with Crippen molar-refractivity contribution in [3.63, 3.8) is 0 Å². The van der Waals surface area contributed by atoms with E-state index in [9.17, 15) is 0 Å². The molecule has 3 nitrogen and oxygen atoms in total. The Morgan fingerprint density at radius 2 is 1.75 bits per heavy atom. The first kappa shape index (κ1) is 14.5. The molecular formula is C8H20N2OS. The summed E-state index contributed by atoms with van der Waals surface area (Å²) in [5.74, 6) is 0. The van der Waals surface area contributed by atoms with Crippen LogP contribution in [0.1, 0.15) is 0 Å². The van der Waals surface area contributed by atoms with Crippen LogP contribution in [-0.4, -0.2) is 49.3 Å². The Morgan fingerprint density at radius 3 is 2.17 bits per heavy atom.